The molecule has 1 unspecified atom stereocenters. The van der Waals surface area contributed by atoms with E-state index in [2.05, 4.69) is 0 Å². The number of hydrogen-bond donors (Lipinski definition) is 1. The number of halogens is 3. The molecule has 0 aliphatic carbocycles. The van der Waals surface area contributed by atoms with Crippen LogP contribution in [-0.4, -0.2) is 11.1 Å². The molecule has 0 aliphatic rings. The fourth-order valence-electron chi connectivity index (χ4n) is 1.59. The van der Waals surface area contributed by atoms with E-state index in [9.17, 15) is 18.0 Å². The van der Waals surface area contributed by atoms with Crippen molar-refractivity contribution in [1.82, 2.24) is 0 Å². The van der Waals surface area contributed by atoms with Gasteiger partial charge < -0.3 is 5.11 Å². The standard InChI is InChI=1S/C11H11F3O2/c1-2-7(10(15)16)8-5-3-4-6-9(8)11(12,13)14/h3-7H,2H2,1H3,(H,15,16). The highest BCUT2D eigenvalue weighted by atomic mass is 19.4. The number of carboxylic acids is 1. The van der Waals surface area contributed by atoms with Crippen molar-refractivity contribution in [3.05, 3.63) is 35.4 Å². The average molecular weight is 232 g/mol. The van der Waals surface area contributed by atoms with Gasteiger partial charge in [-0.25, -0.2) is 0 Å². The summed E-state index contributed by atoms with van der Waals surface area (Å²) in [6.07, 6.45) is -4.39. The Morgan fingerprint density at radius 1 is 1.38 bits per heavy atom. The summed E-state index contributed by atoms with van der Waals surface area (Å²) in [7, 11) is 0. The molecular weight excluding hydrogens is 221 g/mol. The van der Waals surface area contributed by atoms with Crippen molar-refractivity contribution >= 4 is 5.97 Å². The largest absolute Gasteiger partial charge is 0.481 e. The lowest BCUT2D eigenvalue weighted by Crippen LogP contribution is -2.17. The zero-order valence-electron chi connectivity index (χ0n) is 8.58. The lowest BCUT2D eigenvalue weighted by molar-refractivity contribution is -0.141. The lowest BCUT2D eigenvalue weighted by atomic mass is 9.92. The molecule has 0 amide bonds. The minimum Gasteiger partial charge on any atom is -0.481 e. The number of carbonyl (C=O) groups is 1. The Morgan fingerprint density at radius 2 is 1.94 bits per heavy atom. The molecule has 1 aromatic rings. The highest BCUT2D eigenvalue weighted by Crippen LogP contribution is 2.36. The number of hydrogen-bond acceptors (Lipinski definition) is 1. The first-order chi connectivity index (χ1) is 7.38. The first-order valence-corrected chi connectivity index (χ1v) is 4.76. The number of benzene rings is 1. The third kappa shape index (κ3) is 2.53. The molecule has 2 nitrogen and oxygen atoms in total. The Labute approximate surface area is 90.7 Å². The summed E-state index contributed by atoms with van der Waals surface area (Å²) in [6, 6.07) is 4.78. The summed E-state index contributed by atoms with van der Waals surface area (Å²) >= 11 is 0. The third-order valence-electron chi connectivity index (χ3n) is 2.35. The van der Waals surface area contributed by atoms with Crippen molar-refractivity contribution in [3.63, 3.8) is 0 Å². The molecule has 88 valence electrons. The van der Waals surface area contributed by atoms with Gasteiger partial charge >= 0.3 is 12.1 Å². The van der Waals surface area contributed by atoms with E-state index in [1.807, 2.05) is 0 Å². The van der Waals surface area contributed by atoms with Crippen LogP contribution in [0.25, 0.3) is 0 Å². The van der Waals surface area contributed by atoms with E-state index < -0.39 is 23.6 Å². The normalized spacial score (nSPS) is 13.5. The molecule has 1 aromatic carbocycles. The van der Waals surface area contributed by atoms with Gasteiger partial charge in [0.25, 0.3) is 0 Å². The van der Waals surface area contributed by atoms with Crippen LogP contribution in [0.5, 0.6) is 0 Å². The SMILES string of the molecule is CCC(C(=O)O)c1ccccc1C(F)(F)F. The highest BCUT2D eigenvalue weighted by Gasteiger charge is 2.36. The minimum atomic E-state index is -4.51. The Balaban J connectivity index is 3.27. The first kappa shape index (κ1) is 12.5. The number of aliphatic carboxylic acids is 1. The van der Waals surface area contributed by atoms with E-state index in [4.69, 9.17) is 5.11 Å². The van der Waals surface area contributed by atoms with E-state index >= 15 is 0 Å². The fourth-order valence-corrected chi connectivity index (χ4v) is 1.59. The smallest absolute Gasteiger partial charge is 0.416 e. The molecular formula is C11H11F3O2. The van der Waals surface area contributed by atoms with Crippen LogP contribution in [0.15, 0.2) is 24.3 Å². The Hall–Kier alpha value is -1.52. The predicted molar refractivity (Wildman–Crippen MR) is 52.1 cm³/mol. The van der Waals surface area contributed by atoms with Crippen molar-refractivity contribution in [2.24, 2.45) is 0 Å². The van der Waals surface area contributed by atoms with Crippen LogP contribution in [-0.2, 0) is 11.0 Å². The van der Waals surface area contributed by atoms with Crippen LogP contribution in [0.4, 0.5) is 13.2 Å². The van der Waals surface area contributed by atoms with Crippen molar-refractivity contribution < 1.29 is 23.1 Å². The summed E-state index contributed by atoms with van der Waals surface area (Å²) in [4.78, 5) is 10.8. The van der Waals surface area contributed by atoms with Gasteiger partial charge in [-0.2, -0.15) is 13.2 Å². The van der Waals surface area contributed by atoms with Gasteiger partial charge in [-0.15, -0.1) is 0 Å². The van der Waals surface area contributed by atoms with E-state index in [1.54, 1.807) is 6.92 Å². The number of carboxylic acid groups (broad SMARTS) is 1. The first-order valence-electron chi connectivity index (χ1n) is 4.76. The molecule has 1 atom stereocenters. The minimum absolute atomic E-state index is 0.127. The van der Waals surface area contributed by atoms with Gasteiger partial charge in [-0.1, -0.05) is 25.1 Å². The molecule has 0 spiro atoms. The van der Waals surface area contributed by atoms with E-state index in [-0.39, 0.29) is 12.0 Å². The second-order valence-electron chi connectivity index (χ2n) is 3.38. The van der Waals surface area contributed by atoms with Gasteiger partial charge in [0.05, 0.1) is 11.5 Å². The van der Waals surface area contributed by atoms with Gasteiger partial charge in [0.15, 0.2) is 0 Å². The molecule has 0 fully saturated rings. The number of alkyl halides is 3. The molecule has 0 radical (unpaired) electrons. The summed E-state index contributed by atoms with van der Waals surface area (Å²) < 4.78 is 37.8. The average Bonchev–Trinajstić information content (AvgIpc) is 2.17. The second-order valence-corrected chi connectivity index (χ2v) is 3.38. The van der Waals surface area contributed by atoms with Gasteiger partial charge in [0.1, 0.15) is 0 Å². The van der Waals surface area contributed by atoms with Crippen LogP contribution in [0.2, 0.25) is 0 Å². The molecule has 0 saturated carbocycles. The van der Waals surface area contributed by atoms with Crippen LogP contribution in [0.1, 0.15) is 30.4 Å². The van der Waals surface area contributed by atoms with Crippen molar-refractivity contribution in [1.29, 1.82) is 0 Å². The fraction of sp³-hybridized carbons (Fsp3) is 0.364. The van der Waals surface area contributed by atoms with E-state index in [1.165, 1.54) is 18.2 Å². The van der Waals surface area contributed by atoms with E-state index in [0.717, 1.165) is 6.07 Å². The maximum Gasteiger partial charge on any atom is 0.416 e. The maximum atomic E-state index is 12.6. The number of rotatable bonds is 3. The van der Waals surface area contributed by atoms with Crippen LogP contribution in [0.3, 0.4) is 0 Å². The zero-order valence-corrected chi connectivity index (χ0v) is 8.58. The molecule has 1 N–H and O–H groups in total. The van der Waals surface area contributed by atoms with Crippen LogP contribution < -0.4 is 0 Å². The lowest BCUT2D eigenvalue weighted by Gasteiger charge is -2.16. The molecule has 0 aliphatic heterocycles. The Kier molecular flexibility index (Phi) is 3.57. The van der Waals surface area contributed by atoms with Crippen molar-refractivity contribution in [2.45, 2.75) is 25.4 Å². The van der Waals surface area contributed by atoms with Crippen LogP contribution in [0, 0.1) is 0 Å². The summed E-state index contributed by atoms with van der Waals surface area (Å²) in [5, 5.41) is 8.85. The molecule has 0 bridgehead atoms. The second kappa shape index (κ2) is 4.55. The van der Waals surface area contributed by atoms with E-state index in [0.29, 0.717) is 0 Å². The summed E-state index contributed by atoms with van der Waals surface area (Å²) in [5.41, 5.74) is -1.05. The van der Waals surface area contributed by atoms with Gasteiger partial charge in [-0.3, -0.25) is 4.79 Å². The third-order valence-corrected chi connectivity index (χ3v) is 2.35. The summed E-state index contributed by atoms with van der Waals surface area (Å²) in [5.74, 6) is -2.35. The zero-order chi connectivity index (χ0) is 12.3. The highest BCUT2D eigenvalue weighted by molar-refractivity contribution is 5.76. The predicted octanol–water partition coefficient (Wildman–Crippen LogP) is 3.28. The molecule has 0 aromatic heterocycles. The quantitative estimate of drug-likeness (QED) is 0.868. The van der Waals surface area contributed by atoms with Crippen molar-refractivity contribution in [3.8, 4) is 0 Å². The molecule has 16 heavy (non-hydrogen) atoms. The monoisotopic (exact) mass is 232 g/mol. The van der Waals surface area contributed by atoms with Gasteiger partial charge in [-0.05, 0) is 18.1 Å². The maximum absolute atomic E-state index is 12.6. The molecule has 5 heteroatoms. The van der Waals surface area contributed by atoms with Crippen molar-refractivity contribution in [2.75, 3.05) is 0 Å². The summed E-state index contributed by atoms with van der Waals surface area (Å²) in [6.45, 7) is 1.55. The molecule has 0 saturated heterocycles. The van der Waals surface area contributed by atoms with Gasteiger partial charge in [0.2, 0.25) is 0 Å². The van der Waals surface area contributed by atoms with Gasteiger partial charge in [0, 0.05) is 0 Å². The Bertz CT molecular complexity index is 385. The topological polar surface area (TPSA) is 37.3 Å². The Morgan fingerprint density at radius 3 is 2.38 bits per heavy atom. The van der Waals surface area contributed by atoms with Crippen LogP contribution >= 0.6 is 0 Å². The molecule has 0 heterocycles. The molecule has 1 rings (SSSR count).